The van der Waals surface area contributed by atoms with Crippen LogP contribution in [0, 0.1) is 0 Å². The summed E-state index contributed by atoms with van der Waals surface area (Å²) in [5.74, 6) is 1.50. The molecule has 34 heavy (non-hydrogen) atoms. The molecule has 1 amide bonds. The van der Waals surface area contributed by atoms with Crippen LogP contribution in [-0.2, 0) is 27.8 Å². The molecule has 9 heteroatoms. The number of piperidine rings is 1. The van der Waals surface area contributed by atoms with Crippen LogP contribution >= 0.6 is 0 Å². The third-order valence-electron chi connectivity index (χ3n) is 6.60. The lowest BCUT2D eigenvalue weighted by Crippen LogP contribution is -2.49. The number of carbonyl (C=O) groups is 1. The number of anilines is 1. The van der Waals surface area contributed by atoms with E-state index in [1.165, 1.54) is 10.7 Å². The summed E-state index contributed by atoms with van der Waals surface area (Å²) in [6.45, 7) is 1.23. The number of benzene rings is 2. The number of nitrogens with one attached hydrogen (secondary N) is 1. The number of aromatic nitrogens is 3. The minimum Gasteiger partial charge on any atom is -0.325 e. The molecule has 1 atom stereocenters. The lowest BCUT2D eigenvalue weighted by Gasteiger charge is -2.33. The molecule has 2 aromatic carbocycles. The summed E-state index contributed by atoms with van der Waals surface area (Å²) >= 11 is 0. The third kappa shape index (κ3) is 4.50. The molecule has 0 saturated carbocycles. The topological polar surface area (TPSA) is 97.2 Å². The first kappa shape index (κ1) is 22.7. The van der Waals surface area contributed by atoms with Crippen LogP contribution in [0.5, 0.6) is 0 Å². The van der Waals surface area contributed by atoms with Gasteiger partial charge in [0.1, 0.15) is 11.9 Å². The Morgan fingerprint density at radius 1 is 0.912 bits per heavy atom. The van der Waals surface area contributed by atoms with Gasteiger partial charge in [-0.2, -0.15) is 4.31 Å². The Labute approximate surface area is 200 Å². The van der Waals surface area contributed by atoms with Crippen molar-refractivity contribution < 1.29 is 13.2 Å². The minimum atomic E-state index is -3.75. The number of hydrogen-bond acceptors (Lipinski definition) is 5. The van der Waals surface area contributed by atoms with E-state index >= 15 is 0 Å². The van der Waals surface area contributed by atoms with Crippen LogP contribution in [0.15, 0.2) is 59.5 Å². The van der Waals surface area contributed by atoms with Gasteiger partial charge in [0.25, 0.3) is 0 Å². The molecule has 2 aliphatic rings. The summed E-state index contributed by atoms with van der Waals surface area (Å²) in [6.07, 6.45) is 6.38. The van der Waals surface area contributed by atoms with E-state index < -0.39 is 16.1 Å². The summed E-state index contributed by atoms with van der Waals surface area (Å²) in [4.78, 5) is 13.5. The van der Waals surface area contributed by atoms with E-state index in [0.29, 0.717) is 18.7 Å². The van der Waals surface area contributed by atoms with Crippen LogP contribution in [0.25, 0.3) is 11.4 Å². The molecule has 0 bridgehead atoms. The molecule has 1 unspecified atom stereocenters. The Balaban J connectivity index is 1.37. The predicted molar refractivity (Wildman–Crippen MR) is 130 cm³/mol. The van der Waals surface area contributed by atoms with Gasteiger partial charge in [-0.1, -0.05) is 43.2 Å². The summed E-state index contributed by atoms with van der Waals surface area (Å²) in [6, 6.07) is 15.1. The van der Waals surface area contributed by atoms with Crippen molar-refractivity contribution in [2.24, 2.45) is 0 Å². The number of hydrogen-bond donors (Lipinski definition) is 1. The quantitative estimate of drug-likeness (QED) is 0.599. The number of nitrogens with zero attached hydrogens (tertiary/aromatic N) is 4. The maximum absolute atomic E-state index is 13.3. The Kier molecular flexibility index (Phi) is 6.47. The molecule has 3 heterocycles. The zero-order chi connectivity index (χ0) is 23.5. The minimum absolute atomic E-state index is 0.212. The molecule has 1 saturated heterocycles. The molecular formula is C25H29N5O3S. The largest absolute Gasteiger partial charge is 0.325 e. The summed E-state index contributed by atoms with van der Waals surface area (Å²) in [5, 5.41) is 11.7. The molecular weight excluding hydrogens is 450 g/mol. The number of rotatable bonds is 5. The third-order valence-corrected chi connectivity index (χ3v) is 8.53. The van der Waals surface area contributed by atoms with Gasteiger partial charge in [-0.15, -0.1) is 10.2 Å². The SMILES string of the molecule is O=C(Nc1cccc(-c2nnc3n2CCCCC3)c1)C1CCCCN1S(=O)(=O)c1ccccc1. The maximum atomic E-state index is 13.3. The average Bonchev–Trinajstić information content (AvgIpc) is 3.13. The number of amides is 1. The Hall–Kier alpha value is -3.04. The highest BCUT2D eigenvalue weighted by Crippen LogP contribution is 2.28. The molecule has 1 fully saturated rings. The van der Waals surface area contributed by atoms with E-state index in [0.717, 1.165) is 55.9 Å². The van der Waals surface area contributed by atoms with Gasteiger partial charge < -0.3 is 9.88 Å². The van der Waals surface area contributed by atoms with Crippen molar-refractivity contribution in [3.63, 3.8) is 0 Å². The van der Waals surface area contributed by atoms with Crippen molar-refractivity contribution in [3.05, 3.63) is 60.4 Å². The fourth-order valence-electron chi connectivity index (χ4n) is 4.84. The fraction of sp³-hybridized carbons (Fsp3) is 0.400. The second-order valence-corrected chi connectivity index (χ2v) is 10.8. The highest BCUT2D eigenvalue weighted by molar-refractivity contribution is 7.89. The molecule has 0 radical (unpaired) electrons. The molecule has 1 N–H and O–H groups in total. The highest BCUT2D eigenvalue weighted by atomic mass is 32.2. The molecule has 0 spiro atoms. The van der Waals surface area contributed by atoms with Gasteiger partial charge in [0.05, 0.1) is 4.90 Å². The van der Waals surface area contributed by atoms with E-state index in [4.69, 9.17) is 0 Å². The van der Waals surface area contributed by atoms with Gasteiger partial charge in [-0.05, 0) is 49.9 Å². The van der Waals surface area contributed by atoms with Crippen molar-refractivity contribution in [2.75, 3.05) is 11.9 Å². The van der Waals surface area contributed by atoms with Gasteiger partial charge in [-0.25, -0.2) is 8.42 Å². The van der Waals surface area contributed by atoms with Crippen LogP contribution in [-0.4, -0.2) is 46.0 Å². The van der Waals surface area contributed by atoms with E-state index in [1.807, 2.05) is 24.3 Å². The second-order valence-electron chi connectivity index (χ2n) is 8.91. The second kappa shape index (κ2) is 9.68. The first-order valence-electron chi connectivity index (χ1n) is 11.9. The lowest BCUT2D eigenvalue weighted by atomic mass is 10.0. The monoisotopic (exact) mass is 479 g/mol. The van der Waals surface area contributed by atoms with Crippen LogP contribution in [0.1, 0.15) is 44.3 Å². The van der Waals surface area contributed by atoms with Crippen LogP contribution < -0.4 is 5.32 Å². The van der Waals surface area contributed by atoms with Gasteiger partial charge in [0.2, 0.25) is 15.9 Å². The predicted octanol–water partition coefficient (Wildman–Crippen LogP) is 3.85. The number of carbonyl (C=O) groups excluding carboxylic acids is 1. The average molecular weight is 480 g/mol. The Morgan fingerprint density at radius 3 is 2.59 bits per heavy atom. The number of sulfonamides is 1. The van der Waals surface area contributed by atoms with Crippen LogP contribution in [0.3, 0.4) is 0 Å². The smallest absolute Gasteiger partial charge is 0.243 e. The van der Waals surface area contributed by atoms with Crippen molar-refractivity contribution in [1.82, 2.24) is 19.1 Å². The molecule has 8 nitrogen and oxygen atoms in total. The van der Waals surface area contributed by atoms with E-state index in [-0.39, 0.29) is 10.8 Å². The first-order valence-corrected chi connectivity index (χ1v) is 13.4. The Bertz CT molecular complexity index is 1270. The van der Waals surface area contributed by atoms with Gasteiger partial charge in [0.15, 0.2) is 5.82 Å². The zero-order valence-electron chi connectivity index (χ0n) is 19.1. The zero-order valence-corrected chi connectivity index (χ0v) is 19.9. The first-order chi connectivity index (χ1) is 16.5. The summed E-state index contributed by atoms with van der Waals surface area (Å²) in [7, 11) is -3.75. The van der Waals surface area contributed by atoms with Crippen molar-refractivity contribution >= 4 is 21.6 Å². The van der Waals surface area contributed by atoms with Crippen molar-refractivity contribution in [1.29, 1.82) is 0 Å². The molecule has 2 aliphatic heterocycles. The number of fused-ring (bicyclic) bond motifs is 1. The molecule has 1 aromatic heterocycles. The van der Waals surface area contributed by atoms with Crippen molar-refractivity contribution in [2.45, 2.75) is 62.4 Å². The summed E-state index contributed by atoms with van der Waals surface area (Å²) < 4.78 is 30.0. The molecule has 3 aromatic rings. The van der Waals surface area contributed by atoms with E-state index in [1.54, 1.807) is 30.3 Å². The van der Waals surface area contributed by atoms with Crippen molar-refractivity contribution in [3.8, 4) is 11.4 Å². The maximum Gasteiger partial charge on any atom is 0.243 e. The molecule has 0 aliphatic carbocycles. The standard InChI is InChI=1S/C25H29N5O3S/c31-25(22-14-6-8-17-30(22)34(32,33)21-12-3-1-4-13-21)26-20-11-9-10-19(18-20)24-28-27-23-15-5-2-7-16-29(23)24/h1,3-4,9-13,18,22H,2,5-8,14-17H2,(H,26,31). The molecule has 5 rings (SSSR count). The summed E-state index contributed by atoms with van der Waals surface area (Å²) in [5.41, 5.74) is 1.51. The normalized spacial score (nSPS) is 19.2. The van der Waals surface area contributed by atoms with E-state index in [9.17, 15) is 13.2 Å². The van der Waals surface area contributed by atoms with Gasteiger partial charge in [-0.3, -0.25) is 4.79 Å². The number of aryl methyl sites for hydroxylation is 1. The van der Waals surface area contributed by atoms with Crippen LogP contribution in [0.4, 0.5) is 5.69 Å². The van der Waals surface area contributed by atoms with E-state index in [2.05, 4.69) is 20.1 Å². The Morgan fingerprint density at radius 2 is 1.74 bits per heavy atom. The molecule has 178 valence electrons. The van der Waals surface area contributed by atoms with Crippen LogP contribution in [0.2, 0.25) is 0 Å². The fourth-order valence-corrected chi connectivity index (χ4v) is 6.52. The van der Waals surface area contributed by atoms with Gasteiger partial charge >= 0.3 is 0 Å². The van der Waals surface area contributed by atoms with Gasteiger partial charge in [0, 0.05) is 30.8 Å². The lowest BCUT2D eigenvalue weighted by molar-refractivity contribution is -0.120. The highest BCUT2D eigenvalue weighted by Gasteiger charge is 2.37.